The van der Waals surface area contributed by atoms with E-state index in [0.29, 0.717) is 6.04 Å². The van der Waals surface area contributed by atoms with Crippen molar-refractivity contribution in [2.75, 3.05) is 7.11 Å². The third-order valence-electron chi connectivity index (χ3n) is 4.95. The number of fused-ring (bicyclic) bond motifs is 1. The molecule has 0 radical (unpaired) electrons. The molecule has 0 saturated carbocycles. The van der Waals surface area contributed by atoms with Crippen LogP contribution in [-0.2, 0) is 19.4 Å². The van der Waals surface area contributed by atoms with E-state index in [9.17, 15) is 0 Å². The molecular weight excluding hydrogens is 314 g/mol. The number of hydrogen-bond donors (Lipinski definition) is 2. The molecule has 0 bridgehead atoms. The van der Waals surface area contributed by atoms with Crippen molar-refractivity contribution < 1.29 is 4.74 Å². The first-order valence-corrected chi connectivity index (χ1v) is 8.67. The number of aromatic amines is 1. The quantitative estimate of drug-likeness (QED) is 0.751. The largest absolute Gasteiger partial charge is 0.496 e. The Morgan fingerprint density at radius 2 is 2.32 bits per heavy atom. The van der Waals surface area contributed by atoms with Gasteiger partial charge in [-0.2, -0.15) is 10.2 Å². The normalized spacial score (nSPS) is 16.6. The lowest BCUT2D eigenvalue weighted by molar-refractivity contribution is 0.400. The van der Waals surface area contributed by atoms with Crippen molar-refractivity contribution in [2.24, 2.45) is 0 Å². The number of nitrogens with one attached hydrogen (secondary N) is 2. The van der Waals surface area contributed by atoms with Crippen LogP contribution in [0.3, 0.4) is 0 Å². The second-order valence-corrected chi connectivity index (χ2v) is 6.54. The molecule has 130 valence electrons. The number of ether oxygens (including phenoxy) is 1. The number of nitrogens with zero attached hydrogens (tertiary/aromatic N) is 3. The Labute approximate surface area is 147 Å². The van der Waals surface area contributed by atoms with Gasteiger partial charge < -0.3 is 10.1 Å². The van der Waals surface area contributed by atoms with E-state index >= 15 is 0 Å². The minimum Gasteiger partial charge on any atom is -0.496 e. The molecule has 2 N–H and O–H groups in total. The summed E-state index contributed by atoms with van der Waals surface area (Å²) in [5, 5.41) is 15.5. The van der Waals surface area contributed by atoms with Gasteiger partial charge in [0.1, 0.15) is 5.75 Å². The Hall–Kier alpha value is -2.60. The molecule has 1 aliphatic rings. The van der Waals surface area contributed by atoms with Crippen LogP contribution in [0.5, 0.6) is 5.75 Å². The van der Waals surface area contributed by atoms with Gasteiger partial charge in [0.15, 0.2) is 0 Å². The number of aromatic nitrogens is 4. The first kappa shape index (κ1) is 15.9. The van der Waals surface area contributed by atoms with Gasteiger partial charge in [-0.1, -0.05) is 0 Å². The van der Waals surface area contributed by atoms with Crippen molar-refractivity contribution in [1.82, 2.24) is 25.3 Å². The molecule has 6 nitrogen and oxygen atoms in total. The molecule has 0 amide bonds. The van der Waals surface area contributed by atoms with Crippen LogP contribution in [0.1, 0.15) is 28.9 Å². The molecule has 1 aromatic carbocycles. The van der Waals surface area contributed by atoms with E-state index in [1.807, 2.05) is 29.1 Å². The zero-order valence-corrected chi connectivity index (χ0v) is 14.6. The molecule has 6 heteroatoms. The number of hydrogen-bond acceptors (Lipinski definition) is 4. The lowest BCUT2D eigenvalue weighted by Gasteiger charge is -2.24. The van der Waals surface area contributed by atoms with Gasteiger partial charge in [-0.05, 0) is 56.0 Å². The van der Waals surface area contributed by atoms with Crippen LogP contribution >= 0.6 is 0 Å². The summed E-state index contributed by atoms with van der Waals surface area (Å²) in [6.45, 7) is 2.87. The maximum Gasteiger partial charge on any atom is 0.123 e. The van der Waals surface area contributed by atoms with Crippen LogP contribution in [0.25, 0.3) is 5.69 Å². The minimum atomic E-state index is 0.460. The van der Waals surface area contributed by atoms with Gasteiger partial charge in [-0.3, -0.25) is 5.10 Å². The highest BCUT2D eigenvalue weighted by atomic mass is 16.5. The molecule has 3 aromatic rings. The van der Waals surface area contributed by atoms with Gasteiger partial charge in [0.05, 0.1) is 18.5 Å². The van der Waals surface area contributed by atoms with E-state index in [2.05, 4.69) is 33.6 Å². The zero-order valence-electron chi connectivity index (χ0n) is 14.6. The van der Waals surface area contributed by atoms with Crippen molar-refractivity contribution in [3.8, 4) is 11.4 Å². The third-order valence-corrected chi connectivity index (χ3v) is 4.95. The lowest BCUT2D eigenvalue weighted by atomic mass is 9.91. The molecule has 0 fully saturated rings. The fourth-order valence-corrected chi connectivity index (χ4v) is 3.54. The molecule has 2 heterocycles. The Bertz CT molecular complexity index is 853. The summed E-state index contributed by atoms with van der Waals surface area (Å²) < 4.78 is 7.40. The van der Waals surface area contributed by atoms with Crippen molar-refractivity contribution in [3.63, 3.8) is 0 Å². The highest BCUT2D eigenvalue weighted by Crippen LogP contribution is 2.25. The van der Waals surface area contributed by atoms with Crippen LogP contribution in [0, 0.1) is 6.92 Å². The van der Waals surface area contributed by atoms with Crippen molar-refractivity contribution in [2.45, 2.75) is 38.8 Å². The second-order valence-electron chi connectivity index (χ2n) is 6.54. The van der Waals surface area contributed by atoms with Crippen molar-refractivity contribution >= 4 is 0 Å². The van der Waals surface area contributed by atoms with E-state index in [4.69, 9.17) is 4.74 Å². The third kappa shape index (κ3) is 3.17. The lowest BCUT2D eigenvalue weighted by Crippen LogP contribution is -2.34. The highest BCUT2D eigenvalue weighted by molar-refractivity contribution is 5.44. The van der Waals surface area contributed by atoms with Gasteiger partial charge >= 0.3 is 0 Å². The number of methoxy groups -OCH3 is 1. The van der Waals surface area contributed by atoms with Crippen LogP contribution in [0.2, 0.25) is 0 Å². The standard InChI is InChI=1S/C19H23N5O/c1-13-17-11-15(4-6-18(17)23-22-13)20-12-14-10-16(5-7-19(14)25-2)24-9-3-8-21-24/h3,5,7-10,15,20H,4,6,11-12H2,1-2H3,(H,22,23). The molecule has 1 unspecified atom stereocenters. The van der Waals surface area contributed by atoms with Crippen LogP contribution in [-0.4, -0.2) is 33.1 Å². The second kappa shape index (κ2) is 6.72. The molecule has 0 saturated heterocycles. The predicted octanol–water partition coefficient (Wildman–Crippen LogP) is 2.56. The SMILES string of the molecule is COc1ccc(-n2cccn2)cc1CNC1CCc2n[nH]c(C)c2C1. The molecule has 1 atom stereocenters. The maximum atomic E-state index is 5.54. The van der Waals surface area contributed by atoms with E-state index in [1.165, 1.54) is 17.0 Å². The van der Waals surface area contributed by atoms with Crippen LogP contribution in [0.15, 0.2) is 36.7 Å². The summed E-state index contributed by atoms with van der Waals surface area (Å²) in [6, 6.07) is 8.55. The minimum absolute atomic E-state index is 0.460. The Kier molecular flexibility index (Phi) is 4.28. The molecular formula is C19H23N5O. The van der Waals surface area contributed by atoms with Crippen molar-refractivity contribution in [3.05, 3.63) is 59.2 Å². The van der Waals surface area contributed by atoms with Gasteiger partial charge in [0, 0.05) is 36.2 Å². The maximum absolute atomic E-state index is 5.54. The smallest absolute Gasteiger partial charge is 0.123 e. The van der Waals surface area contributed by atoms with Crippen LogP contribution in [0.4, 0.5) is 0 Å². The number of rotatable bonds is 5. The van der Waals surface area contributed by atoms with Gasteiger partial charge in [-0.25, -0.2) is 4.68 Å². The average molecular weight is 337 g/mol. The summed E-state index contributed by atoms with van der Waals surface area (Å²) in [5.74, 6) is 0.902. The summed E-state index contributed by atoms with van der Waals surface area (Å²) in [6.07, 6.45) is 6.90. The fourth-order valence-electron chi connectivity index (χ4n) is 3.54. The fraction of sp³-hybridized carbons (Fsp3) is 0.368. The topological polar surface area (TPSA) is 67.8 Å². The molecule has 0 aliphatic heterocycles. The summed E-state index contributed by atoms with van der Waals surface area (Å²) in [4.78, 5) is 0. The Balaban J connectivity index is 1.49. The van der Waals surface area contributed by atoms with Gasteiger partial charge in [-0.15, -0.1) is 0 Å². The Morgan fingerprint density at radius 3 is 3.12 bits per heavy atom. The molecule has 25 heavy (non-hydrogen) atoms. The number of H-pyrrole nitrogens is 1. The first-order valence-electron chi connectivity index (χ1n) is 8.67. The number of aryl methyl sites for hydroxylation is 2. The van der Waals surface area contributed by atoms with E-state index in [-0.39, 0.29) is 0 Å². The predicted molar refractivity (Wildman–Crippen MR) is 96.1 cm³/mol. The van der Waals surface area contributed by atoms with E-state index < -0.39 is 0 Å². The van der Waals surface area contributed by atoms with Gasteiger partial charge in [0.2, 0.25) is 0 Å². The summed E-state index contributed by atoms with van der Waals surface area (Å²) in [5.41, 5.74) is 5.99. The Morgan fingerprint density at radius 1 is 1.40 bits per heavy atom. The average Bonchev–Trinajstić information content (AvgIpc) is 3.30. The molecule has 4 rings (SSSR count). The van der Waals surface area contributed by atoms with Gasteiger partial charge in [0.25, 0.3) is 0 Å². The summed E-state index contributed by atoms with van der Waals surface area (Å²) >= 11 is 0. The monoisotopic (exact) mass is 337 g/mol. The molecule has 0 spiro atoms. The van der Waals surface area contributed by atoms with Crippen molar-refractivity contribution in [1.29, 1.82) is 0 Å². The zero-order chi connectivity index (χ0) is 17.2. The molecule has 1 aliphatic carbocycles. The van der Waals surface area contributed by atoms with Crippen LogP contribution < -0.4 is 10.1 Å². The molecule has 2 aromatic heterocycles. The van der Waals surface area contributed by atoms with E-state index in [1.54, 1.807) is 13.3 Å². The number of benzene rings is 1. The summed E-state index contributed by atoms with van der Waals surface area (Å²) in [7, 11) is 1.72. The van der Waals surface area contributed by atoms with E-state index in [0.717, 1.165) is 42.8 Å². The highest BCUT2D eigenvalue weighted by Gasteiger charge is 2.22. The first-order chi connectivity index (χ1) is 12.2.